The van der Waals surface area contributed by atoms with Gasteiger partial charge in [0.05, 0.1) is 13.0 Å². The molecule has 0 aliphatic carbocycles. The second kappa shape index (κ2) is 10.1. The standard InChI is InChI=1S/C21H22O5/c1-16(22)7-8-17-9-11-19(12-10-17)25-14-13-20(23)21(24)26-15-18-5-3-2-4-6-18/h2-6,9-12H,7-8,13-15H2,1H3. The van der Waals surface area contributed by atoms with Crippen LogP contribution < -0.4 is 4.74 Å². The smallest absolute Gasteiger partial charge is 0.375 e. The second-order valence-electron chi connectivity index (χ2n) is 5.93. The highest BCUT2D eigenvalue weighted by Crippen LogP contribution is 2.14. The molecule has 5 heteroatoms. The molecule has 0 spiro atoms. The number of carbonyl (C=O) groups excluding carboxylic acids is 3. The van der Waals surface area contributed by atoms with E-state index in [0.29, 0.717) is 18.6 Å². The molecule has 0 amide bonds. The minimum atomic E-state index is -0.850. The summed E-state index contributed by atoms with van der Waals surface area (Å²) in [7, 11) is 0. The van der Waals surface area contributed by atoms with Gasteiger partial charge in [0.2, 0.25) is 5.78 Å². The number of ether oxygens (including phenoxy) is 2. The van der Waals surface area contributed by atoms with E-state index in [1.165, 1.54) is 0 Å². The number of aryl methyl sites for hydroxylation is 1. The van der Waals surface area contributed by atoms with Crippen molar-refractivity contribution >= 4 is 17.5 Å². The largest absolute Gasteiger partial charge is 0.493 e. The van der Waals surface area contributed by atoms with Crippen molar-refractivity contribution < 1.29 is 23.9 Å². The van der Waals surface area contributed by atoms with E-state index in [9.17, 15) is 14.4 Å². The van der Waals surface area contributed by atoms with Gasteiger partial charge in [0.25, 0.3) is 0 Å². The number of hydrogen-bond acceptors (Lipinski definition) is 5. The number of hydrogen-bond donors (Lipinski definition) is 0. The number of carbonyl (C=O) groups is 3. The van der Waals surface area contributed by atoms with Crippen molar-refractivity contribution in [2.45, 2.75) is 32.8 Å². The third kappa shape index (κ3) is 6.89. The fourth-order valence-electron chi connectivity index (χ4n) is 2.24. The average Bonchev–Trinajstić information content (AvgIpc) is 2.66. The molecule has 0 aliphatic rings. The van der Waals surface area contributed by atoms with Gasteiger partial charge in [-0.25, -0.2) is 4.79 Å². The molecule has 0 aliphatic heterocycles. The maximum atomic E-state index is 11.8. The molecular weight excluding hydrogens is 332 g/mol. The Kier molecular flexibility index (Phi) is 7.55. The summed E-state index contributed by atoms with van der Waals surface area (Å²) >= 11 is 0. The maximum absolute atomic E-state index is 11.8. The van der Waals surface area contributed by atoms with Gasteiger partial charge in [0.1, 0.15) is 18.1 Å². The number of rotatable bonds is 10. The van der Waals surface area contributed by atoms with E-state index in [4.69, 9.17) is 9.47 Å². The highest BCUT2D eigenvalue weighted by Gasteiger charge is 2.15. The lowest BCUT2D eigenvalue weighted by molar-refractivity contribution is -0.155. The molecule has 2 aromatic rings. The summed E-state index contributed by atoms with van der Waals surface area (Å²) < 4.78 is 10.5. The highest BCUT2D eigenvalue weighted by molar-refractivity contribution is 6.33. The third-order valence-corrected chi connectivity index (χ3v) is 3.73. The van der Waals surface area contributed by atoms with E-state index in [1.807, 2.05) is 42.5 Å². The molecule has 0 bridgehead atoms. The van der Waals surface area contributed by atoms with Crippen LogP contribution in [-0.4, -0.2) is 24.1 Å². The van der Waals surface area contributed by atoms with Crippen LogP contribution in [0.15, 0.2) is 54.6 Å². The maximum Gasteiger partial charge on any atom is 0.375 e. The van der Waals surface area contributed by atoms with E-state index >= 15 is 0 Å². The lowest BCUT2D eigenvalue weighted by atomic mass is 10.1. The van der Waals surface area contributed by atoms with Gasteiger partial charge in [0, 0.05) is 6.42 Å². The van der Waals surface area contributed by atoms with Gasteiger partial charge >= 0.3 is 5.97 Å². The van der Waals surface area contributed by atoms with Gasteiger partial charge in [-0.1, -0.05) is 42.5 Å². The Morgan fingerprint density at radius 1 is 0.846 bits per heavy atom. The third-order valence-electron chi connectivity index (χ3n) is 3.73. The molecule has 0 fully saturated rings. The number of Topliss-reactive ketones (excluding diaryl/α,β-unsaturated/α-hetero) is 2. The monoisotopic (exact) mass is 354 g/mol. The molecule has 0 saturated carbocycles. The van der Waals surface area contributed by atoms with Gasteiger partial charge in [-0.15, -0.1) is 0 Å². The minimum Gasteiger partial charge on any atom is -0.493 e. The van der Waals surface area contributed by atoms with Crippen LogP contribution in [0.5, 0.6) is 5.75 Å². The van der Waals surface area contributed by atoms with Crippen molar-refractivity contribution in [2.24, 2.45) is 0 Å². The Hall–Kier alpha value is -2.95. The molecule has 0 radical (unpaired) electrons. The number of esters is 1. The zero-order valence-electron chi connectivity index (χ0n) is 14.8. The van der Waals surface area contributed by atoms with Crippen LogP contribution >= 0.6 is 0 Å². The molecule has 0 heterocycles. The van der Waals surface area contributed by atoms with E-state index < -0.39 is 11.8 Å². The van der Waals surface area contributed by atoms with E-state index in [2.05, 4.69) is 0 Å². The summed E-state index contributed by atoms with van der Waals surface area (Å²) in [5.41, 5.74) is 1.88. The van der Waals surface area contributed by atoms with Crippen LogP contribution in [0, 0.1) is 0 Å². The summed E-state index contributed by atoms with van der Waals surface area (Å²) in [6, 6.07) is 16.5. The van der Waals surface area contributed by atoms with Gasteiger partial charge in [-0.05, 0) is 36.6 Å². The Bertz CT molecular complexity index is 735. The molecular formula is C21H22O5. The zero-order valence-corrected chi connectivity index (χ0v) is 14.8. The Labute approximate surface area is 152 Å². The molecule has 5 nitrogen and oxygen atoms in total. The summed E-state index contributed by atoms with van der Waals surface area (Å²) in [6.07, 6.45) is 1.17. The van der Waals surface area contributed by atoms with Crippen LogP contribution in [0.1, 0.15) is 30.9 Å². The van der Waals surface area contributed by atoms with Crippen LogP contribution in [0.25, 0.3) is 0 Å². The van der Waals surface area contributed by atoms with Gasteiger partial charge in [0.15, 0.2) is 0 Å². The fraction of sp³-hybridized carbons (Fsp3) is 0.286. The van der Waals surface area contributed by atoms with Crippen molar-refractivity contribution in [2.75, 3.05) is 6.61 Å². The summed E-state index contributed by atoms with van der Waals surface area (Å²) in [4.78, 5) is 34.4. The normalized spacial score (nSPS) is 10.2. The molecule has 2 aromatic carbocycles. The highest BCUT2D eigenvalue weighted by atomic mass is 16.5. The Balaban J connectivity index is 1.68. The van der Waals surface area contributed by atoms with E-state index in [0.717, 1.165) is 11.1 Å². The first-order valence-corrected chi connectivity index (χ1v) is 8.49. The molecule has 0 saturated heterocycles. The molecule has 0 aromatic heterocycles. The summed E-state index contributed by atoms with van der Waals surface area (Å²) in [5.74, 6) is -0.693. The van der Waals surface area contributed by atoms with Crippen molar-refractivity contribution in [1.29, 1.82) is 0 Å². The lowest BCUT2D eigenvalue weighted by Crippen LogP contribution is -2.19. The topological polar surface area (TPSA) is 69.7 Å². The molecule has 0 N–H and O–H groups in total. The summed E-state index contributed by atoms with van der Waals surface area (Å²) in [5, 5.41) is 0. The first kappa shape index (κ1) is 19.4. The molecule has 26 heavy (non-hydrogen) atoms. The quantitative estimate of drug-likeness (QED) is 0.484. The Morgan fingerprint density at radius 3 is 2.19 bits per heavy atom. The van der Waals surface area contributed by atoms with Gasteiger partial charge in [-0.3, -0.25) is 4.79 Å². The minimum absolute atomic E-state index is 0.0420. The van der Waals surface area contributed by atoms with Crippen molar-refractivity contribution in [1.82, 2.24) is 0 Å². The lowest BCUT2D eigenvalue weighted by Gasteiger charge is -2.07. The van der Waals surface area contributed by atoms with Crippen molar-refractivity contribution in [3.05, 3.63) is 65.7 Å². The first-order valence-electron chi connectivity index (χ1n) is 8.49. The first-order chi connectivity index (χ1) is 12.5. The van der Waals surface area contributed by atoms with Crippen LogP contribution in [0.4, 0.5) is 0 Å². The van der Waals surface area contributed by atoms with E-state index in [-0.39, 0.29) is 25.4 Å². The predicted molar refractivity (Wildman–Crippen MR) is 96.8 cm³/mol. The average molecular weight is 354 g/mol. The SMILES string of the molecule is CC(=O)CCc1ccc(OCCC(=O)C(=O)OCc2ccccc2)cc1. The van der Waals surface area contributed by atoms with Gasteiger partial charge in [-0.2, -0.15) is 0 Å². The number of benzene rings is 2. The summed E-state index contributed by atoms with van der Waals surface area (Å²) in [6.45, 7) is 1.75. The zero-order chi connectivity index (χ0) is 18.8. The van der Waals surface area contributed by atoms with Crippen molar-refractivity contribution in [3.8, 4) is 5.75 Å². The van der Waals surface area contributed by atoms with Crippen LogP contribution in [-0.2, 0) is 32.1 Å². The fourth-order valence-corrected chi connectivity index (χ4v) is 2.24. The molecule has 136 valence electrons. The molecule has 2 rings (SSSR count). The second-order valence-corrected chi connectivity index (χ2v) is 5.93. The van der Waals surface area contributed by atoms with Crippen LogP contribution in [0.2, 0.25) is 0 Å². The molecule has 0 atom stereocenters. The predicted octanol–water partition coefficient (Wildman–Crippen LogP) is 3.29. The Morgan fingerprint density at radius 2 is 1.54 bits per heavy atom. The van der Waals surface area contributed by atoms with Crippen molar-refractivity contribution in [3.63, 3.8) is 0 Å². The van der Waals surface area contributed by atoms with E-state index in [1.54, 1.807) is 19.1 Å². The van der Waals surface area contributed by atoms with Crippen LogP contribution in [0.3, 0.4) is 0 Å². The van der Waals surface area contributed by atoms with Gasteiger partial charge < -0.3 is 14.3 Å². The molecule has 0 unspecified atom stereocenters. The number of ketones is 2.